The number of hydrogen-bond donors (Lipinski definition) is 1. The van der Waals surface area contributed by atoms with E-state index in [9.17, 15) is 0 Å². The number of hydrogen-bond acceptors (Lipinski definition) is 1. The quantitative estimate of drug-likeness (QED) is 0.495. The molecule has 2 aromatic rings. The second kappa shape index (κ2) is 10.9. The van der Waals surface area contributed by atoms with Crippen LogP contribution < -0.4 is 9.13 Å². The fourth-order valence-electron chi connectivity index (χ4n) is 2.90. The first-order valence-corrected chi connectivity index (χ1v) is 9.43. The molecule has 1 N–H and O–H groups in total. The largest absolute Gasteiger partial charge is 0.396 e. The van der Waals surface area contributed by atoms with Crippen LogP contribution in [0.3, 0.4) is 0 Å². The minimum absolute atomic E-state index is 0.317. The SMILES string of the molecule is CCCCC[n+]1ccc(-c2cc[n+](CCCCCCO)cc2)cc1. The van der Waals surface area contributed by atoms with E-state index >= 15 is 0 Å². The van der Waals surface area contributed by atoms with Crippen molar-refractivity contribution in [2.75, 3.05) is 6.61 Å². The molecule has 130 valence electrons. The zero-order valence-electron chi connectivity index (χ0n) is 15.0. The van der Waals surface area contributed by atoms with E-state index in [4.69, 9.17) is 5.11 Å². The van der Waals surface area contributed by atoms with Gasteiger partial charge in [0.25, 0.3) is 0 Å². The standard InChI is InChI=1S/C21H32N2O/c1-2-3-6-13-22-15-9-20(10-16-22)21-11-17-23(18-12-21)14-7-4-5-8-19-24/h9-12,15-18,24H,2-8,13-14,19H2,1H3/q+2. The summed E-state index contributed by atoms with van der Waals surface area (Å²) in [6, 6.07) is 8.82. The molecule has 0 atom stereocenters. The molecule has 0 radical (unpaired) electrons. The lowest BCUT2D eigenvalue weighted by molar-refractivity contribution is -0.697. The third-order valence-corrected chi connectivity index (χ3v) is 4.46. The van der Waals surface area contributed by atoms with Crippen molar-refractivity contribution in [3.8, 4) is 11.1 Å². The van der Waals surface area contributed by atoms with Gasteiger partial charge >= 0.3 is 0 Å². The maximum absolute atomic E-state index is 8.79. The highest BCUT2D eigenvalue weighted by Gasteiger charge is 2.05. The molecule has 24 heavy (non-hydrogen) atoms. The smallest absolute Gasteiger partial charge is 0.169 e. The monoisotopic (exact) mass is 328 g/mol. The Morgan fingerprint density at radius 2 is 1.12 bits per heavy atom. The summed E-state index contributed by atoms with van der Waals surface area (Å²) in [5.74, 6) is 0. The van der Waals surface area contributed by atoms with E-state index in [1.807, 2.05) is 0 Å². The highest BCUT2D eigenvalue weighted by molar-refractivity contribution is 5.60. The van der Waals surface area contributed by atoms with Crippen molar-refractivity contribution in [1.29, 1.82) is 0 Å². The zero-order chi connectivity index (χ0) is 17.0. The highest BCUT2D eigenvalue weighted by Crippen LogP contribution is 2.15. The van der Waals surface area contributed by atoms with Crippen LogP contribution in [0, 0.1) is 0 Å². The Balaban J connectivity index is 1.83. The fraction of sp³-hybridized carbons (Fsp3) is 0.524. The van der Waals surface area contributed by atoms with E-state index in [1.165, 1.54) is 43.2 Å². The van der Waals surface area contributed by atoms with Crippen LogP contribution in [0.4, 0.5) is 0 Å². The van der Waals surface area contributed by atoms with Crippen molar-refractivity contribution >= 4 is 0 Å². The minimum atomic E-state index is 0.317. The van der Waals surface area contributed by atoms with Crippen molar-refractivity contribution in [3.63, 3.8) is 0 Å². The zero-order valence-corrected chi connectivity index (χ0v) is 15.0. The second-order valence-corrected chi connectivity index (χ2v) is 6.49. The molecule has 0 aromatic carbocycles. The summed E-state index contributed by atoms with van der Waals surface area (Å²) in [5, 5.41) is 8.79. The number of aliphatic hydroxyl groups is 1. The molecule has 0 saturated heterocycles. The van der Waals surface area contributed by atoms with Gasteiger partial charge in [0.1, 0.15) is 13.1 Å². The van der Waals surface area contributed by atoms with Crippen LogP contribution >= 0.6 is 0 Å². The number of aryl methyl sites for hydroxylation is 2. The summed E-state index contributed by atoms with van der Waals surface area (Å²) in [6.45, 7) is 4.72. The van der Waals surface area contributed by atoms with Crippen molar-refractivity contribution in [3.05, 3.63) is 49.1 Å². The van der Waals surface area contributed by atoms with Gasteiger partial charge in [-0.05, 0) is 30.4 Å². The summed E-state index contributed by atoms with van der Waals surface area (Å²) in [4.78, 5) is 0. The Morgan fingerprint density at radius 1 is 0.667 bits per heavy atom. The molecule has 0 aliphatic carbocycles. The van der Waals surface area contributed by atoms with Gasteiger partial charge in [0.15, 0.2) is 24.8 Å². The lowest BCUT2D eigenvalue weighted by Crippen LogP contribution is -2.33. The summed E-state index contributed by atoms with van der Waals surface area (Å²) >= 11 is 0. The van der Waals surface area contributed by atoms with Crippen LogP contribution in [-0.2, 0) is 13.1 Å². The number of aromatic nitrogens is 2. The molecule has 3 heteroatoms. The first-order chi connectivity index (χ1) is 11.8. The number of rotatable bonds is 11. The van der Waals surface area contributed by atoms with Gasteiger partial charge in [0.05, 0.1) is 0 Å². The lowest BCUT2D eigenvalue weighted by Gasteiger charge is -2.02. The van der Waals surface area contributed by atoms with Crippen LogP contribution in [0.5, 0.6) is 0 Å². The predicted octanol–water partition coefficient (Wildman–Crippen LogP) is 3.67. The molecule has 0 unspecified atom stereocenters. The Labute approximate surface area is 146 Å². The average Bonchev–Trinajstić information content (AvgIpc) is 2.63. The minimum Gasteiger partial charge on any atom is -0.396 e. The second-order valence-electron chi connectivity index (χ2n) is 6.49. The van der Waals surface area contributed by atoms with Crippen LogP contribution in [-0.4, -0.2) is 11.7 Å². The summed E-state index contributed by atoms with van der Waals surface area (Å²) in [6.07, 6.45) is 16.9. The molecule has 0 aliphatic rings. The predicted molar refractivity (Wildman–Crippen MR) is 97.3 cm³/mol. The Morgan fingerprint density at radius 3 is 1.58 bits per heavy atom. The first kappa shape index (κ1) is 18.6. The average molecular weight is 328 g/mol. The van der Waals surface area contributed by atoms with Gasteiger partial charge < -0.3 is 5.11 Å². The molecule has 2 aromatic heterocycles. The Hall–Kier alpha value is -1.74. The van der Waals surface area contributed by atoms with Gasteiger partial charge in [0.2, 0.25) is 0 Å². The number of pyridine rings is 2. The summed E-state index contributed by atoms with van der Waals surface area (Å²) < 4.78 is 4.52. The topological polar surface area (TPSA) is 28.0 Å². The third kappa shape index (κ3) is 6.40. The van der Waals surface area contributed by atoms with E-state index in [1.54, 1.807) is 0 Å². The summed E-state index contributed by atoms with van der Waals surface area (Å²) in [7, 11) is 0. The van der Waals surface area contributed by atoms with E-state index in [0.717, 1.165) is 25.9 Å². The lowest BCUT2D eigenvalue weighted by atomic mass is 10.1. The van der Waals surface area contributed by atoms with Crippen LogP contribution in [0.15, 0.2) is 49.1 Å². The maximum atomic E-state index is 8.79. The Bertz CT molecular complexity index is 563. The molecule has 0 fully saturated rings. The van der Waals surface area contributed by atoms with Crippen molar-refractivity contribution < 1.29 is 14.2 Å². The van der Waals surface area contributed by atoms with Crippen LogP contribution in [0.2, 0.25) is 0 Å². The molecule has 0 saturated carbocycles. The van der Waals surface area contributed by atoms with Gasteiger partial charge in [-0.3, -0.25) is 0 Å². The van der Waals surface area contributed by atoms with Crippen molar-refractivity contribution in [1.82, 2.24) is 0 Å². The first-order valence-electron chi connectivity index (χ1n) is 9.43. The molecule has 2 rings (SSSR count). The van der Waals surface area contributed by atoms with Gasteiger partial charge in [-0.25, -0.2) is 9.13 Å². The number of nitrogens with zero attached hydrogens (tertiary/aromatic N) is 2. The Kier molecular flexibility index (Phi) is 8.47. The van der Waals surface area contributed by atoms with Crippen LogP contribution in [0.1, 0.15) is 51.9 Å². The molecule has 0 amide bonds. The molecule has 0 aliphatic heterocycles. The number of unbranched alkanes of at least 4 members (excludes halogenated alkanes) is 5. The molecular weight excluding hydrogens is 296 g/mol. The van der Waals surface area contributed by atoms with E-state index < -0.39 is 0 Å². The highest BCUT2D eigenvalue weighted by atomic mass is 16.2. The van der Waals surface area contributed by atoms with Gasteiger partial charge in [-0.2, -0.15) is 0 Å². The molecule has 0 bridgehead atoms. The molecule has 0 spiro atoms. The van der Waals surface area contributed by atoms with E-state index in [0.29, 0.717) is 6.61 Å². The van der Waals surface area contributed by atoms with Crippen LogP contribution in [0.25, 0.3) is 11.1 Å². The summed E-state index contributed by atoms with van der Waals surface area (Å²) in [5.41, 5.74) is 2.55. The third-order valence-electron chi connectivity index (χ3n) is 4.46. The van der Waals surface area contributed by atoms with Gasteiger partial charge in [-0.15, -0.1) is 0 Å². The fourth-order valence-corrected chi connectivity index (χ4v) is 2.90. The maximum Gasteiger partial charge on any atom is 0.169 e. The molecule has 3 nitrogen and oxygen atoms in total. The molecule has 2 heterocycles. The van der Waals surface area contributed by atoms with E-state index in [2.05, 4.69) is 65.1 Å². The van der Waals surface area contributed by atoms with Gasteiger partial charge in [-0.1, -0.05) is 19.8 Å². The van der Waals surface area contributed by atoms with Crippen molar-refractivity contribution in [2.24, 2.45) is 0 Å². The number of aliphatic hydroxyl groups excluding tert-OH is 1. The van der Waals surface area contributed by atoms with Gasteiger partial charge in [0, 0.05) is 43.7 Å². The normalized spacial score (nSPS) is 10.9. The molecular formula is C21H32N2O+2. The van der Waals surface area contributed by atoms with Crippen molar-refractivity contribution in [2.45, 2.75) is 65.0 Å². The van der Waals surface area contributed by atoms with E-state index in [-0.39, 0.29) is 0 Å².